The fourth-order valence-corrected chi connectivity index (χ4v) is 8.06. The number of aliphatic carboxylic acids is 1. The quantitative estimate of drug-likeness (QED) is 0.297. The Bertz CT molecular complexity index is 1490. The summed E-state index contributed by atoms with van der Waals surface area (Å²) in [6.45, 7) is 4.39. The van der Waals surface area contributed by atoms with Crippen molar-refractivity contribution >= 4 is 46.9 Å². The van der Waals surface area contributed by atoms with Gasteiger partial charge in [-0.2, -0.15) is 0 Å². The Kier molecular flexibility index (Phi) is 8.55. The molecule has 0 bridgehead atoms. The van der Waals surface area contributed by atoms with Gasteiger partial charge in [0.2, 0.25) is 11.8 Å². The molecule has 2 unspecified atom stereocenters. The van der Waals surface area contributed by atoms with Crippen LogP contribution in [0.3, 0.4) is 0 Å². The maximum absolute atomic E-state index is 13.7. The maximum Gasteiger partial charge on any atom is 0.353 e. The van der Waals surface area contributed by atoms with Crippen molar-refractivity contribution in [3.63, 3.8) is 0 Å². The summed E-state index contributed by atoms with van der Waals surface area (Å²) in [7, 11) is 3.90. The number of anilines is 2. The molecule has 2 aromatic rings. The van der Waals surface area contributed by atoms with Crippen molar-refractivity contribution in [2.24, 2.45) is 11.8 Å². The van der Waals surface area contributed by atoms with Crippen LogP contribution in [0, 0.1) is 11.8 Å². The molecule has 3 heterocycles. The Morgan fingerprint density at radius 2 is 1.81 bits per heavy atom. The summed E-state index contributed by atoms with van der Waals surface area (Å²) in [5, 5.41) is 32.4. The van der Waals surface area contributed by atoms with Crippen LogP contribution in [0.25, 0.3) is 0 Å². The Balaban J connectivity index is 1.42. The van der Waals surface area contributed by atoms with E-state index < -0.39 is 36.0 Å². The third kappa shape index (κ3) is 5.74. The normalized spacial score (nSPS) is 25.7. The molecule has 2 amide bonds. The van der Waals surface area contributed by atoms with Crippen molar-refractivity contribution in [3.8, 4) is 0 Å². The van der Waals surface area contributed by atoms with Crippen LogP contribution >= 0.6 is 11.8 Å². The predicted molar refractivity (Wildman–Crippen MR) is 163 cm³/mol. The molecule has 6 atom stereocenters. The molecule has 4 N–H and O–H groups in total. The van der Waals surface area contributed by atoms with E-state index in [2.05, 4.69) is 10.2 Å². The fourth-order valence-electron chi connectivity index (χ4n) is 6.51. The highest BCUT2D eigenvalue weighted by atomic mass is 32.2. The number of carbonyl (C=O) groups excluding carboxylic acids is 2. The van der Waals surface area contributed by atoms with E-state index in [0.717, 1.165) is 11.3 Å². The minimum absolute atomic E-state index is 0.0349. The molecule has 0 saturated carbocycles. The van der Waals surface area contributed by atoms with Gasteiger partial charge in [0.15, 0.2) is 0 Å². The van der Waals surface area contributed by atoms with Crippen LogP contribution in [0.15, 0.2) is 59.1 Å². The van der Waals surface area contributed by atoms with Gasteiger partial charge < -0.3 is 30.4 Å². The minimum Gasteiger partial charge on any atom is -0.478 e. The second-order valence-electron chi connectivity index (χ2n) is 11.6. The van der Waals surface area contributed by atoms with Crippen molar-refractivity contribution < 1.29 is 34.5 Å². The fraction of sp³-hybridized carbons (Fsp3) is 0.419. The molecule has 12 heteroatoms. The molecular formula is C31H36N4O7S. The van der Waals surface area contributed by atoms with Crippen molar-refractivity contribution in [2.75, 3.05) is 30.9 Å². The van der Waals surface area contributed by atoms with Gasteiger partial charge in [-0.25, -0.2) is 9.59 Å². The van der Waals surface area contributed by atoms with Crippen molar-refractivity contribution in [1.82, 2.24) is 9.80 Å². The smallest absolute Gasteiger partial charge is 0.353 e. The van der Waals surface area contributed by atoms with Gasteiger partial charge in [-0.1, -0.05) is 31.2 Å². The van der Waals surface area contributed by atoms with Crippen LogP contribution in [-0.2, 0) is 20.9 Å². The number of nitrogens with zero attached hydrogens (tertiary/aromatic N) is 3. The van der Waals surface area contributed by atoms with Crippen molar-refractivity contribution in [2.45, 2.75) is 50.3 Å². The number of fused-ring (bicyclic) bond motifs is 1. The standard InChI is InChI=1S/C31H36N4O7S/c1-16-25-24(17(2)36)29(38)35(25)26(31(41)42)27(16)43-21-13-23(28(37)32-20-10-7-9-18(12-20)30(39)40)34(15-21)14-19-8-5-6-11-22(19)33(3)4/h5-12,16-17,21,23-25,36H,13-15H2,1-4H3,(H,32,37)(H,39,40)(H,41,42)/t16?,17-,21+,23+,24-,25?/m1/s1. The number of nitrogens with one attached hydrogen (secondary N) is 1. The number of carbonyl (C=O) groups is 4. The minimum atomic E-state index is -1.18. The molecule has 2 fully saturated rings. The first kappa shape index (κ1) is 30.6. The number of carboxylic acid groups (broad SMARTS) is 2. The molecule has 43 heavy (non-hydrogen) atoms. The zero-order chi connectivity index (χ0) is 31.2. The van der Waals surface area contributed by atoms with Gasteiger partial charge in [0.25, 0.3) is 0 Å². The lowest BCUT2D eigenvalue weighted by atomic mass is 9.79. The number of aliphatic hydroxyl groups excluding tert-OH is 1. The molecule has 2 saturated heterocycles. The number of benzene rings is 2. The van der Waals surface area contributed by atoms with Crippen LogP contribution in [-0.4, -0.2) is 93.0 Å². The van der Waals surface area contributed by atoms with Crippen LogP contribution in [0.4, 0.5) is 11.4 Å². The van der Waals surface area contributed by atoms with E-state index in [1.165, 1.54) is 28.8 Å². The van der Waals surface area contributed by atoms with Gasteiger partial charge in [-0.3, -0.25) is 14.5 Å². The number of aliphatic hydroxyl groups is 1. The first-order valence-corrected chi connectivity index (χ1v) is 15.1. The van der Waals surface area contributed by atoms with E-state index in [1.807, 2.05) is 50.2 Å². The molecule has 228 valence electrons. The van der Waals surface area contributed by atoms with Crippen LogP contribution in [0.2, 0.25) is 0 Å². The van der Waals surface area contributed by atoms with Crippen molar-refractivity contribution in [1.29, 1.82) is 0 Å². The molecule has 5 rings (SSSR count). The second-order valence-corrected chi connectivity index (χ2v) is 12.9. The van der Waals surface area contributed by atoms with Gasteiger partial charge in [-0.05, 0) is 43.2 Å². The monoisotopic (exact) mass is 608 g/mol. The van der Waals surface area contributed by atoms with Crippen LogP contribution in [0.5, 0.6) is 0 Å². The van der Waals surface area contributed by atoms with E-state index >= 15 is 0 Å². The molecule has 0 aliphatic carbocycles. The molecule has 11 nitrogen and oxygen atoms in total. The number of hydrogen-bond acceptors (Lipinski definition) is 8. The maximum atomic E-state index is 13.7. The van der Waals surface area contributed by atoms with E-state index in [9.17, 15) is 34.5 Å². The average Bonchev–Trinajstić information content (AvgIpc) is 3.45. The Morgan fingerprint density at radius 1 is 1.09 bits per heavy atom. The zero-order valence-electron chi connectivity index (χ0n) is 24.4. The van der Waals surface area contributed by atoms with Gasteiger partial charge in [0.05, 0.1) is 29.7 Å². The number of carboxylic acids is 2. The second kappa shape index (κ2) is 12.0. The third-order valence-electron chi connectivity index (χ3n) is 8.50. The summed E-state index contributed by atoms with van der Waals surface area (Å²) in [6.07, 6.45) is -0.470. The molecule has 3 aliphatic heterocycles. The highest BCUT2D eigenvalue weighted by Crippen LogP contribution is 2.52. The number of aromatic carboxylic acids is 1. The lowest BCUT2D eigenvalue weighted by Gasteiger charge is -2.46. The van der Waals surface area contributed by atoms with E-state index in [1.54, 1.807) is 19.1 Å². The topological polar surface area (TPSA) is 151 Å². The predicted octanol–water partition coefficient (Wildman–Crippen LogP) is 2.92. The number of thioether (sulfide) groups is 1. The molecule has 0 aromatic heterocycles. The summed E-state index contributed by atoms with van der Waals surface area (Å²) in [4.78, 5) is 56.3. The number of para-hydroxylation sites is 1. The van der Waals surface area contributed by atoms with Gasteiger partial charge in [0.1, 0.15) is 5.70 Å². The van der Waals surface area contributed by atoms with E-state index in [4.69, 9.17) is 0 Å². The lowest BCUT2D eigenvalue weighted by molar-refractivity contribution is -0.163. The Labute approximate surface area is 254 Å². The molecular weight excluding hydrogens is 572 g/mol. The largest absolute Gasteiger partial charge is 0.478 e. The van der Waals surface area contributed by atoms with E-state index in [0.29, 0.717) is 30.1 Å². The Morgan fingerprint density at radius 3 is 2.47 bits per heavy atom. The number of rotatable bonds is 10. The van der Waals surface area contributed by atoms with Crippen molar-refractivity contribution in [3.05, 3.63) is 70.3 Å². The molecule has 0 radical (unpaired) electrons. The van der Waals surface area contributed by atoms with Crippen LogP contribution < -0.4 is 10.2 Å². The van der Waals surface area contributed by atoms with Gasteiger partial charge >= 0.3 is 11.9 Å². The third-order valence-corrected chi connectivity index (χ3v) is 9.99. The first-order valence-electron chi connectivity index (χ1n) is 14.2. The average molecular weight is 609 g/mol. The SMILES string of the molecule is CC1C(S[C@H]2C[C@@H](C(=O)Nc3cccc(C(=O)O)c3)N(Cc3ccccc3N(C)C)C2)=C(C(=O)O)N2C(=O)[C@H]([C@@H](C)O)C12. The number of β-lactam (4-membered cyclic amide) rings is 1. The number of hydrogen-bond donors (Lipinski definition) is 4. The van der Waals surface area contributed by atoms with Gasteiger partial charge in [-0.15, -0.1) is 11.8 Å². The zero-order valence-corrected chi connectivity index (χ0v) is 25.2. The summed E-state index contributed by atoms with van der Waals surface area (Å²) in [5.74, 6) is -3.86. The summed E-state index contributed by atoms with van der Waals surface area (Å²) >= 11 is 1.39. The highest BCUT2D eigenvalue weighted by molar-refractivity contribution is 8.03. The summed E-state index contributed by atoms with van der Waals surface area (Å²) in [5.41, 5.74) is 2.44. The molecule has 2 aromatic carbocycles. The summed E-state index contributed by atoms with van der Waals surface area (Å²) in [6, 6.07) is 13.0. The highest BCUT2D eigenvalue weighted by Gasteiger charge is 2.60. The van der Waals surface area contributed by atoms with E-state index in [-0.39, 0.29) is 34.2 Å². The number of amides is 2. The van der Waals surface area contributed by atoms with Gasteiger partial charge in [0, 0.05) is 54.6 Å². The summed E-state index contributed by atoms with van der Waals surface area (Å²) < 4.78 is 0. The molecule has 0 spiro atoms. The molecule has 3 aliphatic rings. The lowest BCUT2D eigenvalue weighted by Crippen LogP contribution is -2.63. The first-order chi connectivity index (χ1) is 20.4. The Hall–Kier alpha value is -3.87. The van der Waals surface area contributed by atoms with Crippen LogP contribution in [0.1, 0.15) is 36.2 Å². The number of likely N-dealkylation sites (tertiary alicyclic amines) is 1.